The van der Waals surface area contributed by atoms with Gasteiger partial charge in [0.15, 0.2) is 5.60 Å². The fourth-order valence-corrected chi connectivity index (χ4v) is 5.56. The predicted octanol–water partition coefficient (Wildman–Crippen LogP) is 7.67. The van der Waals surface area contributed by atoms with Gasteiger partial charge in [-0.2, -0.15) is 0 Å². The minimum Gasteiger partial charge on any atom is -0.456 e. The number of ether oxygens (including phenoxy) is 2. The second kappa shape index (κ2) is 8.38. The van der Waals surface area contributed by atoms with Crippen LogP contribution in [0.15, 0.2) is 78.9 Å². The minimum atomic E-state index is -1.07. The number of hydrogen-bond acceptors (Lipinski definition) is 5. The number of nitrogens with zero attached hydrogens (tertiary/aromatic N) is 1. The van der Waals surface area contributed by atoms with E-state index in [4.69, 9.17) is 9.47 Å². The molecule has 1 N–H and O–H groups in total. The Bertz CT molecular complexity index is 1580. The van der Waals surface area contributed by atoms with Gasteiger partial charge in [0.1, 0.15) is 11.5 Å². The zero-order chi connectivity index (χ0) is 26.8. The second-order valence-electron chi connectivity index (χ2n) is 11.4. The Hall–Kier alpha value is -4.25. The Labute approximate surface area is 224 Å². The van der Waals surface area contributed by atoms with Gasteiger partial charge in [-0.1, -0.05) is 50.6 Å². The molecule has 38 heavy (non-hydrogen) atoms. The van der Waals surface area contributed by atoms with E-state index in [1.54, 1.807) is 0 Å². The third kappa shape index (κ3) is 3.65. The summed E-state index contributed by atoms with van der Waals surface area (Å²) in [6.45, 7) is 8.61. The zero-order valence-electron chi connectivity index (χ0n) is 22.7. The van der Waals surface area contributed by atoms with Crippen LogP contribution in [0.2, 0.25) is 0 Å². The van der Waals surface area contributed by atoms with Gasteiger partial charge in [-0.25, -0.2) is 4.79 Å². The highest BCUT2D eigenvalue weighted by molar-refractivity contribution is 5.97. The molecule has 4 aromatic carbocycles. The van der Waals surface area contributed by atoms with Crippen LogP contribution in [-0.2, 0) is 15.8 Å². The molecule has 2 aliphatic heterocycles. The average molecular weight is 505 g/mol. The molecule has 0 aromatic heterocycles. The molecule has 5 heteroatoms. The number of benzene rings is 4. The van der Waals surface area contributed by atoms with Crippen LogP contribution in [0.4, 0.5) is 17.1 Å². The minimum absolute atomic E-state index is 0.180. The lowest BCUT2D eigenvalue weighted by molar-refractivity contribution is 0.0223. The van der Waals surface area contributed by atoms with E-state index < -0.39 is 5.60 Å². The average Bonchev–Trinajstić information content (AvgIpc) is 3.17. The first-order chi connectivity index (χ1) is 18.1. The highest BCUT2D eigenvalue weighted by Crippen LogP contribution is 2.58. The van der Waals surface area contributed by atoms with Gasteiger partial charge >= 0.3 is 5.97 Å². The topological polar surface area (TPSA) is 50.8 Å². The van der Waals surface area contributed by atoms with Crippen LogP contribution < -0.4 is 15.0 Å². The molecule has 1 atom stereocenters. The molecule has 1 spiro atoms. The van der Waals surface area contributed by atoms with Crippen LogP contribution in [0, 0.1) is 6.92 Å². The predicted molar refractivity (Wildman–Crippen MR) is 152 cm³/mol. The second-order valence-corrected chi connectivity index (χ2v) is 11.4. The van der Waals surface area contributed by atoms with Crippen LogP contribution in [0.5, 0.6) is 11.5 Å². The van der Waals surface area contributed by atoms with Gasteiger partial charge in [-0.05, 0) is 60.9 Å². The maximum absolute atomic E-state index is 13.2. The van der Waals surface area contributed by atoms with E-state index in [2.05, 4.69) is 74.3 Å². The highest BCUT2D eigenvalue weighted by atomic mass is 16.6. The first kappa shape index (κ1) is 24.1. The van der Waals surface area contributed by atoms with E-state index in [1.165, 1.54) is 0 Å². The SMILES string of the molecule is Cc1cc(C(C)(C)C)c2c(c1)C1(OC(=O)c3ccccc31)c1ccc(Nc3ccc(N(C)C)cc3)cc1O2. The molecule has 0 amide bonds. The van der Waals surface area contributed by atoms with Crippen LogP contribution in [0.3, 0.4) is 0 Å². The third-order valence-electron chi connectivity index (χ3n) is 7.44. The van der Waals surface area contributed by atoms with E-state index in [0.29, 0.717) is 11.3 Å². The standard InChI is InChI=1S/C33H32N2O3/c1-20-17-27(32(2,3)4)30-28(18-20)33(25-10-8-7-9-24(25)31(36)38-33)26-16-13-22(19-29(26)37-30)34-21-11-14-23(15-12-21)35(5)6/h7-19,34H,1-6H3. The molecule has 0 aliphatic carbocycles. The van der Waals surface area contributed by atoms with E-state index in [0.717, 1.165) is 50.6 Å². The van der Waals surface area contributed by atoms with E-state index in [9.17, 15) is 4.79 Å². The largest absolute Gasteiger partial charge is 0.456 e. The van der Waals surface area contributed by atoms with Crippen molar-refractivity contribution in [3.05, 3.63) is 112 Å². The lowest BCUT2D eigenvalue weighted by Gasteiger charge is -2.39. The van der Waals surface area contributed by atoms with Crippen LogP contribution in [-0.4, -0.2) is 20.1 Å². The van der Waals surface area contributed by atoms with Crippen LogP contribution in [0.1, 0.15) is 58.9 Å². The molecule has 5 nitrogen and oxygen atoms in total. The summed E-state index contributed by atoms with van der Waals surface area (Å²) in [6.07, 6.45) is 0. The number of fused-ring (bicyclic) bond motifs is 6. The number of hydrogen-bond donors (Lipinski definition) is 1. The van der Waals surface area contributed by atoms with E-state index in [1.807, 2.05) is 56.6 Å². The number of anilines is 3. The quantitative estimate of drug-likeness (QED) is 0.290. The first-order valence-electron chi connectivity index (χ1n) is 12.9. The Morgan fingerprint density at radius 3 is 2.24 bits per heavy atom. The summed E-state index contributed by atoms with van der Waals surface area (Å²) in [5.41, 5.74) is 7.05. The van der Waals surface area contributed by atoms with Crippen molar-refractivity contribution in [1.29, 1.82) is 0 Å². The van der Waals surface area contributed by atoms with Crippen molar-refractivity contribution >= 4 is 23.0 Å². The van der Waals surface area contributed by atoms with Crippen LogP contribution in [0.25, 0.3) is 0 Å². The summed E-state index contributed by atoms with van der Waals surface area (Å²) < 4.78 is 13.1. The summed E-state index contributed by atoms with van der Waals surface area (Å²) in [5.74, 6) is 1.11. The Kier molecular flexibility index (Phi) is 5.32. The zero-order valence-corrected chi connectivity index (χ0v) is 22.7. The first-order valence-corrected chi connectivity index (χ1v) is 12.9. The summed E-state index contributed by atoms with van der Waals surface area (Å²) >= 11 is 0. The van der Waals surface area contributed by atoms with E-state index in [-0.39, 0.29) is 11.4 Å². The monoisotopic (exact) mass is 504 g/mol. The van der Waals surface area contributed by atoms with E-state index >= 15 is 0 Å². The summed E-state index contributed by atoms with van der Waals surface area (Å²) in [4.78, 5) is 15.3. The molecule has 0 saturated carbocycles. The Morgan fingerprint density at radius 2 is 1.53 bits per heavy atom. The lowest BCUT2D eigenvalue weighted by Crippen LogP contribution is -2.34. The molecule has 192 valence electrons. The van der Waals surface area contributed by atoms with Crippen molar-refractivity contribution in [3.8, 4) is 11.5 Å². The molecule has 2 heterocycles. The molecule has 0 radical (unpaired) electrons. The lowest BCUT2D eigenvalue weighted by atomic mass is 9.74. The fourth-order valence-electron chi connectivity index (χ4n) is 5.56. The third-order valence-corrected chi connectivity index (χ3v) is 7.44. The maximum Gasteiger partial charge on any atom is 0.340 e. The fraction of sp³-hybridized carbons (Fsp3) is 0.242. The number of nitrogens with one attached hydrogen (secondary N) is 1. The molecular formula is C33H32N2O3. The van der Waals surface area contributed by atoms with Crippen molar-refractivity contribution in [2.24, 2.45) is 0 Å². The summed E-state index contributed by atoms with van der Waals surface area (Å²) in [6, 6.07) is 26.3. The number of rotatable bonds is 3. The molecule has 1 unspecified atom stereocenters. The van der Waals surface area contributed by atoms with Gasteiger partial charge in [0.25, 0.3) is 0 Å². The smallest absolute Gasteiger partial charge is 0.340 e. The Morgan fingerprint density at radius 1 is 0.816 bits per heavy atom. The number of carbonyl (C=O) groups excluding carboxylic acids is 1. The van der Waals surface area contributed by atoms with Crippen LogP contribution >= 0.6 is 0 Å². The molecular weight excluding hydrogens is 472 g/mol. The molecule has 2 aliphatic rings. The Balaban J connectivity index is 1.54. The number of aryl methyl sites for hydroxylation is 1. The van der Waals surface area contributed by atoms with Crippen molar-refractivity contribution in [1.82, 2.24) is 0 Å². The van der Waals surface area contributed by atoms with Gasteiger partial charge in [0.2, 0.25) is 0 Å². The summed E-state index contributed by atoms with van der Waals surface area (Å²) in [5, 5.41) is 3.50. The van der Waals surface area contributed by atoms with Gasteiger partial charge < -0.3 is 19.7 Å². The highest BCUT2D eigenvalue weighted by Gasteiger charge is 2.54. The molecule has 4 aromatic rings. The number of carbonyl (C=O) groups is 1. The molecule has 0 fully saturated rings. The van der Waals surface area contributed by atoms with Crippen molar-refractivity contribution in [2.75, 3.05) is 24.3 Å². The maximum atomic E-state index is 13.2. The van der Waals surface area contributed by atoms with Crippen molar-refractivity contribution in [3.63, 3.8) is 0 Å². The van der Waals surface area contributed by atoms with Gasteiger partial charge in [0.05, 0.1) is 5.56 Å². The van der Waals surface area contributed by atoms with Crippen molar-refractivity contribution in [2.45, 2.75) is 38.7 Å². The van der Waals surface area contributed by atoms with Gasteiger partial charge in [-0.3, -0.25) is 0 Å². The normalized spacial score (nSPS) is 17.3. The van der Waals surface area contributed by atoms with Gasteiger partial charge in [-0.15, -0.1) is 0 Å². The molecule has 0 saturated heterocycles. The number of esters is 1. The van der Waals surface area contributed by atoms with Gasteiger partial charge in [0, 0.05) is 59.5 Å². The molecule has 0 bridgehead atoms. The molecule has 6 rings (SSSR count). The summed E-state index contributed by atoms with van der Waals surface area (Å²) in [7, 11) is 4.05. The van der Waals surface area contributed by atoms with Crippen molar-refractivity contribution < 1.29 is 14.3 Å².